The lowest BCUT2D eigenvalue weighted by molar-refractivity contribution is -0.128. The van der Waals surface area contributed by atoms with Gasteiger partial charge in [-0.1, -0.05) is 74.0 Å². The Kier molecular flexibility index (Phi) is 9.11. The number of anilines is 1. The summed E-state index contributed by atoms with van der Waals surface area (Å²) in [6.45, 7) is 9.95. The number of likely N-dealkylation sites (tertiary alicyclic amines) is 1. The van der Waals surface area contributed by atoms with Crippen LogP contribution < -0.4 is 10.6 Å². The van der Waals surface area contributed by atoms with Crippen molar-refractivity contribution in [2.75, 3.05) is 38.0 Å². The second kappa shape index (κ2) is 12.1. The van der Waals surface area contributed by atoms with Gasteiger partial charge in [0.2, 0.25) is 5.91 Å². The van der Waals surface area contributed by atoms with Crippen LogP contribution in [0.4, 0.5) is 5.13 Å². The maximum Gasteiger partial charge on any atom is 0.225 e. The third-order valence-corrected chi connectivity index (χ3v) is 8.47. The number of hydrogen-bond donors (Lipinski definition) is 3. The minimum atomic E-state index is -0.972. The molecular formula is C29H39ClN4O2S. The van der Waals surface area contributed by atoms with Crippen LogP contribution in [0.15, 0.2) is 48.5 Å². The van der Waals surface area contributed by atoms with Gasteiger partial charge in [0.05, 0.1) is 15.8 Å². The number of carbonyl (C=O) groups is 1. The summed E-state index contributed by atoms with van der Waals surface area (Å²) in [5.74, 6) is 0.612. The Morgan fingerprint density at radius 3 is 2.57 bits per heavy atom. The van der Waals surface area contributed by atoms with Crippen molar-refractivity contribution < 1.29 is 9.90 Å². The van der Waals surface area contributed by atoms with Crippen LogP contribution in [0.2, 0.25) is 5.02 Å². The van der Waals surface area contributed by atoms with Crippen LogP contribution in [0.1, 0.15) is 52.0 Å². The first kappa shape index (κ1) is 27.8. The van der Waals surface area contributed by atoms with Gasteiger partial charge in [0.25, 0.3) is 0 Å². The summed E-state index contributed by atoms with van der Waals surface area (Å²) in [6.07, 6.45) is 3.37. The normalized spacial score (nSPS) is 17.0. The first-order valence-electron chi connectivity index (χ1n) is 13.2. The molecule has 1 aliphatic rings. The Bertz CT molecular complexity index is 1170. The molecule has 1 aliphatic heterocycles. The number of aliphatic hydroxyl groups is 1. The Morgan fingerprint density at radius 2 is 1.86 bits per heavy atom. The zero-order valence-electron chi connectivity index (χ0n) is 22.1. The van der Waals surface area contributed by atoms with Gasteiger partial charge in [0.15, 0.2) is 5.13 Å². The Labute approximate surface area is 229 Å². The zero-order valence-corrected chi connectivity index (χ0v) is 23.7. The van der Waals surface area contributed by atoms with Crippen LogP contribution in [0, 0.1) is 11.3 Å². The molecular weight excluding hydrogens is 504 g/mol. The number of thiazole rings is 1. The molecule has 1 saturated heterocycles. The minimum absolute atomic E-state index is 0.00763. The smallest absolute Gasteiger partial charge is 0.225 e. The van der Waals surface area contributed by atoms with Gasteiger partial charge in [-0.2, -0.15) is 0 Å². The SMILES string of the molecule is CC(C)(C)C(=O)NCCC(O)(CCN1CCC(CNc2nc3ccc(Cl)cc3s2)CC1)c1ccccc1. The van der Waals surface area contributed by atoms with Gasteiger partial charge in [-0.3, -0.25) is 4.79 Å². The van der Waals surface area contributed by atoms with E-state index in [1.54, 1.807) is 11.3 Å². The maximum atomic E-state index is 12.3. The quantitative estimate of drug-likeness (QED) is 0.297. The highest BCUT2D eigenvalue weighted by Gasteiger charge is 2.31. The van der Waals surface area contributed by atoms with Gasteiger partial charge in [0.1, 0.15) is 0 Å². The monoisotopic (exact) mass is 542 g/mol. The molecule has 0 radical (unpaired) electrons. The molecule has 1 unspecified atom stereocenters. The maximum absolute atomic E-state index is 12.3. The van der Waals surface area contributed by atoms with Crippen molar-refractivity contribution in [3.05, 3.63) is 59.1 Å². The number of amides is 1. The summed E-state index contributed by atoms with van der Waals surface area (Å²) >= 11 is 7.75. The molecule has 4 rings (SSSR count). The number of carbonyl (C=O) groups excluding carboxylic acids is 1. The standard InChI is InChI=1S/C29H39ClN4O2S/c1-28(2,3)26(35)31-15-13-29(36,22-7-5-4-6-8-22)14-18-34-16-11-21(12-17-34)20-32-27-33-24-10-9-23(30)19-25(24)37-27/h4-10,19,21,36H,11-18,20H2,1-3H3,(H,31,35)(H,32,33). The molecule has 0 aliphatic carbocycles. The van der Waals surface area contributed by atoms with Crippen LogP contribution in [0.5, 0.6) is 0 Å². The van der Waals surface area contributed by atoms with E-state index < -0.39 is 11.0 Å². The Hall–Kier alpha value is -2.19. The first-order chi connectivity index (χ1) is 17.6. The lowest BCUT2D eigenvalue weighted by Crippen LogP contribution is -2.41. The lowest BCUT2D eigenvalue weighted by Gasteiger charge is -2.36. The molecule has 1 aromatic heterocycles. The van der Waals surface area contributed by atoms with E-state index in [0.29, 0.717) is 25.3 Å². The zero-order chi connectivity index (χ0) is 26.5. The molecule has 3 N–H and O–H groups in total. The van der Waals surface area contributed by atoms with E-state index in [2.05, 4.69) is 20.5 Å². The van der Waals surface area contributed by atoms with Gasteiger partial charge in [-0.15, -0.1) is 0 Å². The van der Waals surface area contributed by atoms with Gasteiger partial charge in [-0.05, 0) is 68.5 Å². The number of fused-ring (bicyclic) bond motifs is 1. The van der Waals surface area contributed by atoms with E-state index in [9.17, 15) is 9.90 Å². The molecule has 8 heteroatoms. The number of aromatic nitrogens is 1. The van der Waals surface area contributed by atoms with Gasteiger partial charge < -0.3 is 20.6 Å². The molecule has 0 bridgehead atoms. The molecule has 0 saturated carbocycles. The summed E-state index contributed by atoms with van der Waals surface area (Å²) < 4.78 is 1.11. The average Bonchev–Trinajstić information content (AvgIpc) is 3.29. The third kappa shape index (κ3) is 7.66. The van der Waals surface area contributed by atoms with E-state index >= 15 is 0 Å². The van der Waals surface area contributed by atoms with Crippen molar-refractivity contribution >= 4 is 44.2 Å². The van der Waals surface area contributed by atoms with Crippen LogP contribution in [-0.2, 0) is 10.4 Å². The highest BCUT2D eigenvalue weighted by Crippen LogP contribution is 2.31. The van der Waals surface area contributed by atoms with E-state index in [1.807, 2.05) is 69.3 Å². The van der Waals surface area contributed by atoms with Gasteiger partial charge >= 0.3 is 0 Å². The number of benzene rings is 2. The molecule has 2 heterocycles. The highest BCUT2D eigenvalue weighted by molar-refractivity contribution is 7.22. The number of rotatable bonds is 10. The summed E-state index contributed by atoms with van der Waals surface area (Å²) in [5.41, 5.74) is 0.484. The third-order valence-electron chi connectivity index (χ3n) is 7.26. The second-order valence-electron chi connectivity index (χ2n) is 11.2. The number of piperidine rings is 1. The van der Waals surface area contributed by atoms with Crippen molar-refractivity contribution in [1.29, 1.82) is 0 Å². The number of nitrogens with one attached hydrogen (secondary N) is 2. The summed E-state index contributed by atoms with van der Waals surface area (Å²) in [5, 5.41) is 19.9. The predicted octanol–water partition coefficient (Wildman–Crippen LogP) is 5.90. The fraction of sp³-hybridized carbons (Fsp3) is 0.517. The van der Waals surface area contributed by atoms with Crippen molar-refractivity contribution in [2.45, 2.75) is 52.1 Å². The first-order valence-corrected chi connectivity index (χ1v) is 14.4. The fourth-order valence-corrected chi connectivity index (χ4v) is 5.92. The molecule has 200 valence electrons. The largest absolute Gasteiger partial charge is 0.385 e. The van der Waals surface area contributed by atoms with Crippen molar-refractivity contribution in [1.82, 2.24) is 15.2 Å². The topological polar surface area (TPSA) is 77.5 Å². The van der Waals surface area contributed by atoms with Crippen molar-refractivity contribution in [3.63, 3.8) is 0 Å². The van der Waals surface area contributed by atoms with E-state index in [4.69, 9.17) is 11.6 Å². The molecule has 0 spiro atoms. The van der Waals surface area contributed by atoms with Crippen LogP contribution in [0.3, 0.4) is 0 Å². The second-order valence-corrected chi connectivity index (χ2v) is 12.7. The molecule has 1 amide bonds. The summed E-state index contributed by atoms with van der Waals surface area (Å²) in [4.78, 5) is 19.4. The number of hydrogen-bond acceptors (Lipinski definition) is 6. The fourth-order valence-electron chi connectivity index (χ4n) is 4.77. The molecule has 1 atom stereocenters. The van der Waals surface area contributed by atoms with Crippen LogP contribution in [-0.4, -0.2) is 53.6 Å². The molecule has 2 aromatic carbocycles. The van der Waals surface area contributed by atoms with E-state index in [0.717, 1.165) is 65.0 Å². The molecule has 6 nitrogen and oxygen atoms in total. The molecule has 37 heavy (non-hydrogen) atoms. The Morgan fingerprint density at radius 1 is 1.14 bits per heavy atom. The van der Waals surface area contributed by atoms with Crippen molar-refractivity contribution in [3.8, 4) is 0 Å². The molecule has 3 aromatic rings. The predicted molar refractivity (Wildman–Crippen MR) is 154 cm³/mol. The van der Waals surface area contributed by atoms with Crippen molar-refractivity contribution in [2.24, 2.45) is 11.3 Å². The highest BCUT2D eigenvalue weighted by atomic mass is 35.5. The van der Waals surface area contributed by atoms with E-state index in [1.165, 1.54) is 0 Å². The Balaban J connectivity index is 1.25. The lowest BCUT2D eigenvalue weighted by atomic mass is 9.86. The number of nitrogens with zero attached hydrogens (tertiary/aromatic N) is 2. The summed E-state index contributed by atoms with van der Waals surface area (Å²) in [6, 6.07) is 15.7. The van der Waals surface area contributed by atoms with Crippen LogP contribution >= 0.6 is 22.9 Å². The van der Waals surface area contributed by atoms with Crippen LogP contribution in [0.25, 0.3) is 10.2 Å². The molecule has 1 fully saturated rings. The number of halogens is 1. The van der Waals surface area contributed by atoms with Gasteiger partial charge in [0, 0.05) is 30.1 Å². The average molecular weight is 543 g/mol. The minimum Gasteiger partial charge on any atom is -0.385 e. The van der Waals surface area contributed by atoms with E-state index in [-0.39, 0.29) is 5.91 Å². The summed E-state index contributed by atoms with van der Waals surface area (Å²) in [7, 11) is 0. The van der Waals surface area contributed by atoms with Gasteiger partial charge in [-0.25, -0.2) is 4.98 Å².